The van der Waals surface area contributed by atoms with Crippen LogP contribution < -0.4 is 5.32 Å². The highest BCUT2D eigenvalue weighted by atomic mass is 16.5. The number of nitrogens with one attached hydrogen (secondary N) is 1. The van der Waals surface area contributed by atoms with E-state index in [2.05, 4.69) is 25.4 Å². The molecule has 0 fully saturated rings. The van der Waals surface area contributed by atoms with E-state index in [4.69, 9.17) is 9.26 Å². The highest BCUT2D eigenvalue weighted by Gasteiger charge is 2.15. The number of likely N-dealkylation sites (N-methyl/N-ethyl adjacent to an activating group) is 1. The molecule has 2 aromatic heterocycles. The molecule has 0 aliphatic heterocycles. The quantitative estimate of drug-likeness (QED) is 0.808. The molecule has 2 rings (SSSR count). The van der Waals surface area contributed by atoms with Gasteiger partial charge in [0, 0.05) is 32.0 Å². The number of rotatable bonds is 7. The first-order chi connectivity index (χ1) is 9.72. The Morgan fingerprint density at radius 1 is 1.30 bits per heavy atom. The van der Waals surface area contributed by atoms with E-state index in [-0.39, 0.29) is 6.04 Å². The molecule has 2 heterocycles. The second kappa shape index (κ2) is 7.06. The molecular formula is C13H19N5O2. The average Bonchev–Trinajstić information content (AvgIpc) is 2.89. The normalized spacial score (nSPS) is 12.6. The summed E-state index contributed by atoms with van der Waals surface area (Å²) in [5.41, 5.74) is 0.991. The molecule has 0 saturated heterocycles. The zero-order valence-corrected chi connectivity index (χ0v) is 12.0. The molecule has 0 saturated carbocycles. The minimum Gasteiger partial charge on any atom is -0.383 e. The topological polar surface area (TPSA) is 86.0 Å². The lowest BCUT2D eigenvalue weighted by molar-refractivity contribution is 0.162. The van der Waals surface area contributed by atoms with Crippen LogP contribution in [0.2, 0.25) is 0 Å². The average molecular weight is 277 g/mol. The van der Waals surface area contributed by atoms with Crippen molar-refractivity contribution in [3.05, 3.63) is 23.8 Å². The molecule has 1 N–H and O–H groups in total. The van der Waals surface area contributed by atoms with E-state index in [1.807, 2.05) is 13.8 Å². The smallest absolute Gasteiger partial charge is 0.240 e. The van der Waals surface area contributed by atoms with Crippen LogP contribution in [0.4, 0.5) is 0 Å². The van der Waals surface area contributed by atoms with Crippen LogP contribution in [0.3, 0.4) is 0 Å². The van der Waals surface area contributed by atoms with Crippen LogP contribution in [-0.4, -0.2) is 46.4 Å². The van der Waals surface area contributed by atoms with Crippen LogP contribution in [0.5, 0.6) is 0 Å². The lowest BCUT2D eigenvalue weighted by Crippen LogP contribution is -2.35. The molecule has 0 amide bonds. The van der Waals surface area contributed by atoms with Crippen LogP contribution >= 0.6 is 0 Å². The van der Waals surface area contributed by atoms with Gasteiger partial charge in [-0.25, -0.2) is 9.97 Å². The lowest BCUT2D eigenvalue weighted by atomic mass is 10.2. The van der Waals surface area contributed by atoms with Gasteiger partial charge in [-0.1, -0.05) is 12.1 Å². The second-order valence-corrected chi connectivity index (χ2v) is 4.51. The van der Waals surface area contributed by atoms with Gasteiger partial charge in [0.15, 0.2) is 0 Å². The zero-order chi connectivity index (χ0) is 14.4. The first kappa shape index (κ1) is 14.5. The first-order valence-electron chi connectivity index (χ1n) is 6.56. The number of methoxy groups -OCH3 is 1. The molecule has 0 aromatic carbocycles. The Hall–Kier alpha value is -1.86. The van der Waals surface area contributed by atoms with Crippen molar-refractivity contribution >= 4 is 0 Å². The number of hydrogen-bond donors (Lipinski definition) is 1. The van der Waals surface area contributed by atoms with Crippen molar-refractivity contribution in [3.8, 4) is 11.6 Å². The van der Waals surface area contributed by atoms with Gasteiger partial charge in [0.05, 0.1) is 6.61 Å². The van der Waals surface area contributed by atoms with Crippen molar-refractivity contribution in [1.29, 1.82) is 0 Å². The van der Waals surface area contributed by atoms with Gasteiger partial charge in [0.2, 0.25) is 17.5 Å². The second-order valence-electron chi connectivity index (χ2n) is 4.51. The molecule has 1 atom stereocenters. The third-order valence-electron chi connectivity index (χ3n) is 2.73. The van der Waals surface area contributed by atoms with E-state index < -0.39 is 0 Å². The molecule has 2 aromatic rings. The Labute approximate surface area is 117 Å². The van der Waals surface area contributed by atoms with Gasteiger partial charge in [-0.2, -0.15) is 4.98 Å². The number of aryl methyl sites for hydroxylation is 1. The minimum atomic E-state index is 0.150. The summed E-state index contributed by atoms with van der Waals surface area (Å²) in [7, 11) is 1.67. The van der Waals surface area contributed by atoms with Crippen molar-refractivity contribution in [2.75, 3.05) is 20.3 Å². The Morgan fingerprint density at radius 2 is 2.05 bits per heavy atom. The van der Waals surface area contributed by atoms with E-state index in [9.17, 15) is 0 Å². The predicted molar refractivity (Wildman–Crippen MR) is 73.1 cm³/mol. The summed E-state index contributed by atoms with van der Waals surface area (Å²) in [6.45, 7) is 5.42. The highest BCUT2D eigenvalue weighted by Crippen LogP contribution is 2.11. The van der Waals surface area contributed by atoms with Crippen LogP contribution in [0.25, 0.3) is 11.6 Å². The number of aromatic nitrogens is 4. The molecule has 20 heavy (non-hydrogen) atoms. The maximum absolute atomic E-state index is 5.24. The predicted octanol–water partition coefficient (Wildman–Crippen LogP) is 1.00. The Balaban J connectivity index is 2.06. The van der Waals surface area contributed by atoms with E-state index >= 15 is 0 Å². The monoisotopic (exact) mass is 277 g/mol. The molecule has 0 aliphatic carbocycles. The Kier molecular flexibility index (Phi) is 5.14. The van der Waals surface area contributed by atoms with Crippen molar-refractivity contribution in [1.82, 2.24) is 25.4 Å². The molecule has 108 valence electrons. The molecule has 1 unspecified atom stereocenters. The molecular weight excluding hydrogens is 258 g/mol. The maximum Gasteiger partial charge on any atom is 0.240 e. The maximum atomic E-state index is 5.24. The van der Waals surface area contributed by atoms with Gasteiger partial charge in [-0.05, 0) is 19.0 Å². The first-order valence-corrected chi connectivity index (χ1v) is 6.56. The zero-order valence-electron chi connectivity index (χ0n) is 12.0. The number of nitrogens with zero attached hydrogens (tertiary/aromatic N) is 4. The number of ether oxygens (including phenoxy) is 1. The third kappa shape index (κ3) is 3.82. The summed E-state index contributed by atoms with van der Waals surface area (Å²) in [5, 5.41) is 7.21. The molecule has 0 spiro atoms. The summed E-state index contributed by atoms with van der Waals surface area (Å²) in [6, 6.07) is 0.150. The van der Waals surface area contributed by atoms with Gasteiger partial charge in [-0.15, -0.1) is 0 Å². The lowest BCUT2D eigenvalue weighted by Gasteiger charge is -2.14. The molecule has 0 bridgehead atoms. The summed E-state index contributed by atoms with van der Waals surface area (Å²) in [4.78, 5) is 12.7. The molecule has 0 radical (unpaired) electrons. The van der Waals surface area contributed by atoms with Gasteiger partial charge in [0.25, 0.3) is 0 Å². The summed E-state index contributed by atoms with van der Waals surface area (Å²) in [6.07, 6.45) is 4.07. The SMILES string of the molecule is CCNC(COC)Cc1nc(-c2ncc(C)cn2)no1. The molecule has 7 heteroatoms. The Morgan fingerprint density at radius 3 is 2.70 bits per heavy atom. The summed E-state index contributed by atoms with van der Waals surface area (Å²) in [5.74, 6) is 1.43. The minimum absolute atomic E-state index is 0.150. The van der Waals surface area contributed by atoms with Crippen LogP contribution in [0.15, 0.2) is 16.9 Å². The van der Waals surface area contributed by atoms with E-state index in [1.165, 1.54) is 0 Å². The number of hydrogen-bond acceptors (Lipinski definition) is 7. The van der Waals surface area contributed by atoms with Crippen LogP contribution in [0.1, 0.15) is 18.4 Å². The highest BCUT2D eigenvalue weighted by molar-refractivity contribution is 5.40. The summed E-state index contributed by atoms with van der Waals surface area (Å²) >= 11 is 0. The van der Waals surface area contributed by atoms with Crippen molar-refractivity contribution in [3.63, 3.8) is 0 Å². The van der Waals surface area contributed by atoms with Crippen molar-refractivity contribution < 1.29 is 9.26 Å². The molecule has 0 aliphatic rings. The van der Waals surface area contributed by atoms with E-state index in [1.54, 1.807) is 19.5 Å². The van der Waals surface area contributed by atoms with Crippen molar-refractivity contribution in [2.24, 2.45) is 0 Å². The fourth-order valence-corrected chi connectivity index (χ4v) is 1.83. The fourth-order valence-electron chi connectivity index (χ4n) is 1.83. The Bertz CT molecular complexity index is 520. The standard InChI is InChI=1S/C13H19N5O2/c1-4-14-10(8-19-3)5-11-17-13(18-20-11)12-15-6-9(2)7-16-12/h6-7,10,14H,4-5,8H2,1-3H3. The largest absolute Gasteiger partial charge is 0.383 e. The van der Waals surface area contributed by atoms with Crippen LogP contribution in [-0.2, 0) is 11.2 Å². The van der Waals surface area contributed by atoms with E-state index in [0.717, 1.165) is 12.1 Å². The van der Waals surface area contributed by atoms with Crippen LogP contribution in [0, 0.1) is 6.92 Å². The van der Waals surface area contributed by atoms with Gasteiger partial charge in [0.1, 0.15) is 0 Å². The third-order valence-corrected chi connectivity index (χ3v) is 2.73. The van der Waals surface area contributed by atoms with E-state index in [0.29, 0.717) is 30.6 Å². The fraction of sp³-hybridized carbons (Fsp3) is 0.538. The van der Waals surface area contributed by atoms with Crippen molar-refractivity contribution in [2.45, 2.75) is 26.3 Å². The van der Waals surface area contributed by atoms with Gasteiger partial charge in [-0.3, -0.25) is 0 Å². The summed E-state index contributed by atoms with van der Waals surface area (Å²) < 4.78 is 10.4. The van der Waals surface area contributed by atoms with Gasteiger partial charge >= 0.3 is 0 Å². The van der Waals surface area contributed by atoms with Gasteiger partial charge < -0.3 is 14.6 Å². The molecule has 7 nitrogen and oxygen atoms in total.